The van der Waals surface area contributed by atoms with E-state index in [1.807, 2.05) is 0 Å². The van der Waals surface area contributed by atoms with Crippen molar-refractivity contribution in [2.24, 2.45) is 10.8 Å². The first-order chi connectivity index (χ1) is 6.39. The van der Waals surface area contributed by atoms with Crippen LogP contribution in [-0.4, -0.2) is 14.2 Å². The van der Waals surface area contributed by atoms with Crippen LogP contribution in [0.4, 0.5) is 0 Å². The lowest BCUT2D eigenvalue weighted by Gasteiger charge is -2.71. The second kappa shape index (κ2) is 3.11. The number of unbranched alkanes of at least 4 members (excludes halogenated alkanes) is 1. The van der Waals surface area contributed by atoms with Gasteiger partial charge in [0.2, 0.25) is 9.05 Å². The van der Waals surface area contributed by atoms with E-state index in [0.29, 0.717) is 5.41 Å². The summed E-state index contributed by atoms with van der Waals surface area (Å²) in [4.78, 5) is 0. The molecular weight excluding hydrogens is 220 g/mol. The molecule has 0 unspecified atom stereocenters. The van der Waals surface area contributed by atoms with Crippen molar-refractivity contribution >= 4 is 19.7 Å². The Hall–Kier alpha value is 0.240. The molecule has 0 aliphatic heterocycles. The van der Waals surface area contributed by atoms with Gasteiger partial charge in [0.1, 0.15) is 0 Å². The normalized spacial score (nSPS) is 40.1. The van der Waals surface area contributed by atoms with Crippen LogP contribution >= 0.6 is 10.7 Å². The molecule has 14 heavy (non-hydrogen) atoms. The van der Waals surface area contributed by atoms with Crippen molar-refractivity contribution in [1.29, 1.82) is 0 Å². The molecule has 82 valence electrons. The van der Waals surface area contributed by atoms with Gasteiger partial charge in [-0.1, -0.05) is 19.8 Å². The smallest absolute Gasteiger partial charge is 0.212 e. The minimum absolute atomic E-state index is 0.0916. The summed E-state index contributed by atoms with van der Waals surface area (Å²) < 4.78 is 21.9. The predicted octanol–water partition coefficient (Wildman–Crippen LogP) is 2.92. The first-order valence-electron chi connectivity index (χ1n) is 5.31. The molecule has 4 heteroatoms. The van der Waals surface area contributed by atoms with Crippen molar-refractivity contribution in [1.82, 2.24) is 0 Å². The minimum atomic E-state index is -3.28. The van der Waals surface area contributed by atoms with Crippen LogP contribution < -0.4 is 0 Å². The Labute approximate surface area is 90.4 Å². The van der Waals surface area contributed by atoms with Gasteiger partial charge in [0.25, 0.3) is 0 Å². The Kier molecular flexibility index (Phi) is 2.39. The molecule has 2 nitrogen and oxygen atoms in total. The molecule has 0 spiro atoms. The van der Waals surface area contributed by atoms with Crippen LogP contribution in [0, 0.1) is 10.8 Å². The molecule has 0 atom stereocenters. The number of hydrogen-bond acceptors (Lipinski definition) is 2. The highest BCUT2D eigenvalue weighted by molar-refractivity contribution is 8.13. The summed E-state index contributed by atoms with van der Waals surface area (Å²) in [7, 11) is 2.00. The van der Waals surface area contributed by atoms with Gasteiger partial charge in [-0.15, -0.1) is 0 Å². The van der Waals surface area contributed by atoms with Gasteiger partial charge in [0.05, 0.1) is 5.75 Å². The van der Waals surface area contributed by atoms with Gasteiger partial charge >= 0.3 is 0 Å². The standard InChI is InChI=1S/C10H17ClO2S/c1-2-3-4-9-5-10(6-9,7-9)8-14(11,12)13/h2-8H2,1H3. The zero-order valence-electron chi connectivity index (χ0n) is 8.55. The fourth-order valence-electron chi connectivity index (χ4n) is 3.57. The van der Waals surface area contributed by atoms with Crippen LogP contribution in [0.5, 0.6) is 0 Å². The summed E-state index contributed by atoms with van der Waals surface area (Å²) in [5.74, 6) is 0.204. The lowest BCUT2D eigenvalue weighted by Crippen LogP contribution is -2.63. The van der Waals surface area contributed by atoms with E-state index in [9.17, 15) is 8.42 Å². The molecule has 0 heterocycles. The van der Waals surface area contributed by atoms with Gasteiger partial charge in [-0.3, -0.25) is 0 Å². The fraction of sp³-hybridized carbons (Fsp3) is 1.00. The number of hydrogen-bond donors (Lipinski definition) is 0. The highest BCUT2D eigenvalue weighted by Crippen LogP contribution is 2.75. The third kappa shape index (κ3) is 1.81. The Morgan fingerprint density at radius 3 is 2.21 bits per heavy atom. The minimum Gasteiger partial charge on any atom is -0.212 e. The van der Waals surface area contributed by atoms with Crippen molar-refractivity contribution in [2.75, 3.05) is 5.75 Å². The maximum Gasteiger partial charge on any atom is 0.233 e. The first-order valence-corrected chi connectivity index (χ1v) is 7.79. The van der Waals surface area contributed by atoms with Gasteiger partial charge in [-0.25, -0.2) is 8.42 Å². The van der Waals surface area contributed by atoms with Crippen LogP contribution in [0.2, 0.25) is 0 Å². The summed E-state index contributed by atoms with van der Waals surface area (Å²) in [5, 5.41) is 0. The van der Waals surface area contributed by atoms with Crippen molar-refractivity contribution in [3.05, 3.63) is 0 Å². The zero-order chi connectivity index (χ0) is 10.4. The lowest BCUT2D eigenvalue weighted by molar-refractivity contribution is -0.192. The maximum absolute atomic E-state index is 10.9. The van der Waals surface area contributed by atoms with Gasteiger partial charge in [-0.2, -0.15) is 0 Å². The van der Waals surface area contributed by atoms with Crippen molar-refractivity contribution in [2.45, 2.75) is 45.4 Å². The average molecular weight is 237 g/mol. The first kappa shape index (κ1) is 10.7. The van der Waals surface area contributed by atoms with E-state index >= 15 is 0 Å². The average Bonchev–Trinajstić information content (AvgIpc) is 1.89. The van der Waals surface area contributed by atoms with E-state index in [-0.39, 0.29) is 11.2 Å². The molecule has 3 aliphatic rings. The van der Waals surface area contributed by atoms with E-state index < -0.39 is 9.05 Å². The Morgan fingerprint density at radius 2 is 1.79 bits per heavy atom. The molecular formula is C10H17ClO2S. The SMILES string of the molecule is CCCCC12CC(CS(=O)(=O)Cl)(C1)C2. The van der Waals surface area contributed by atoms with Crippen LogP contribution in [-0.2, 0) is 9.05 Å². The molecule has 0 amide bonds. The molecule has 3 saturated carbocycles. The quantitative estimate of drug-likeness (QED) is 0.688. The van der Waals surface area contributed by atoms with Crippen LogP contribution in [0.25, 0.3) is 0 Å². The summed E-state index contributed by atoms with van der Waals surface area (Å²) >= 11 is 0. The Bertz CT molecular complexity index is 314. The molecule has 0 radical (unpaired) electrons. The zero-order valence-corrected chi connectivity index (χ0v) is 10.1. The molecule has 3 aliphatic carbocycles. The lowest BCUT2D eigenvalue weighted by atomic mass is 9.35. The summed E-state index contributed by atoms with van der Waals surface area (Å²) in [6, 6.07) is 0. The second-order valence-electron chi connectivity index (χ2n) is 5.32. The maximum atomic E-state index is 10.9. The number of halogens is 1. The van der Waals surface area contributed by atoms with Gasteiger partial charge in [0, 0.05) is 10.7 Å². The van der Waals surface area contributed by atoms with Crippen molar-refractivity contribution < 1.29 is 8.42 Å². The van der Waals surface area contributed by atoms with Gasteiger partial charge < -0.3 is 0 Å². The van der Waals surface area contributed by atoms with Crippen LogP contribution in [0.15, 0.2) is 0 Å². The van der Waals surface area contributed by atoms with Gasteiger partial charge in [-0.05, 0) is 36.5 Å². The van der Waals surface area contributed by atoms with Gasteiger partial charge in [0.15, 0.2) is 0 Å². The summed E-state index contributed by atoms with van der Waals surface area (Å²) in [6.07, 6.45) is 7.11. The molecule has 0 saturated heterocycles. The fourth-order valence-corrected chi connectivity index (χ4v) is 5.30. The van der Waals surface area contributed by atoms with Crippen LogP contribution in [0.1, 0.15) is 45.4 Å². The van der Waals surface area contributed by atoms with Crippen molar-refractivity contribution in [3.63, 3.8) is 0 Å². The molecule has 0 aromatic rings. The summed E-state index contributed by atoms with van der Waals surface area (Å²) in [6.45, 7) is 2.20. The molecule has 0 aromatic heterocycles. The van der Waals surface area contributed by atoms with Crippen molar-refractivity contribution in [3.8, 4) is 0 Å². The largest absolute Gasteiger partial charge is 0.233 e. The van der Waals surface area contributed by atoms with E-state index in [2.05, 4.69) is 6.92 Å². The highest BCUT2D eigenvalue weighted by atomic mass is 35.7. The monoisotopic (exact) mass is 236 g/mol. The third-order valence-corrected chi connectivity index (χ3v) is 5.07. The topological polar surface area (TPSA) is 34.1 Å². The predicted molar refractivity (Wildman–Crippen MR) is 57.9 cm³/mol. The number of rotatable bonds is 5. The Balaban J connectivity index is 1.83. The molecule has 3 rings (SSSR count). The summed E-state index contributed by atoms with van der Waals surface area (Å²) in [5.41, 5.74) is 0.617. The Morgan fingerprint density at radius 1 is 1.21 bits per heavy atom. The molecule has 2 bridgehead atoms. The molecule has 0 aromatic carbocycles. The second-order valence-corrected chi connectivity index (χ2v) is 8.09. The molecule has 3 fully saturated rings. The van der Waals surface area contributed by atoms with Crippen LogP contribution in [0.3, 0.4) is 0 Å². The van der Waals surface area contributed by atoms with E-state index in [4.69, 9.17) is 10.7 Å². The van der Waals surface area contributed by atoms with E-state index in [1.165, 1.54) is 19.3 Å². The third-order valence-electron chi connectivity index (χ3n) is 3.79. The highest BCUT2D eigenvalue weighted by Gasteiger charge is 2.67. The van der Waals surface area contributed by atoms with E-state index in [0.717, 1.165) is 19.3 Å². The molecule has 0 N–H and O–H groups in total. The van der Waals surface area contributed by atoms with E-state index in [1.54, 1.807) is 0 Å².